The molecule has 8 fully saturated rings. The van der Waals surface area contributed by atoms with E-state index < -0.39 is 0 Å². The van der Waals surface area contributed by atoms with Crippen molar-refractivity contribution in [3.63, 3.8) is 0 Å². The summed E-state index contributed by atoms with van der Waals surface area (Å²) < 4.78 is 0. The van der Waals surface area contributed by atoms with Crippen molar-refractivity contribution in [3.8, 4) is 0 Å². The van der Waals surface area contributed by atoms with Gasteiger partial charge >= 0.3 is 0 Å². The lowest BCUT2D eigenvalue weighted by atomic mass is 9.48. The Balaban J connectivity index is 0.000000206. The molecule has 0 heteroatoms. The van der Waals surface area contributed by atoms with Gasteiger partial charge in [0.05, 0.1) is 0 Å². The summed E-state index contributed by atoms with van der Waals surface area (Å²) >= 11 is 0. The molecular weight excluding hydrogens is 553 g/mol. The minimum absolute atomic E-state index is 0.574. The summed E-state index contributed by atoms with van der Waals surface area (Å²) in [6.45, 7) is 25.2. The molecule has 0 aromatic heterocycles. The van der Waals surface area contributed by atoms with Gasteiger partial charge in [0.1, 0.15) is 0 Å². The van der Waals surface area contributed by atoms with Crippen LogP contribution in [0.3, 0.4) is 0 Å². The lowest BCUT2D eigenvalue weighted by Gasteiger charge is -2.57. The molecule has 0 unspecified atom stereocenters. The van der Waals surface area contributed by atoms with Gasteiger partial charge in [-0.15, -0.1) is 0 Å². The van der Waals surface area contributed by atoms with Gasteiger partial charge in [0.2, 0.25) is 0 Å². The fourth-order valence-electron chi connectivity index (χ4n) is 11.3. The van der Waals surface area contributed by atoms with Crippen molar-refractivity contribution in [2.45, 2.75) is 177 Å². The topological polar surface area (TPSA) is 0 Å². The molecule has 0 heterocycles. The van der Waals surface area contributed by atoms with E-state index in [0.29, 0.717) is 17.3 Å². The maximum Gasteiger partial charge on any atom is -0.00391 e. The van der Waals surface area contributed by atoms with E-state index in [4.69, 9.17) is 0 Å². The molecule has 10 rings (SSSR count). The monoisotopic (exact) mass is 629 g/mol. The normalized spacial score (nSPS) is 33.6. The maximum atomic E-state index is 2.46. The van der Waals surface area contributed by atoms with Crippen LogP contribution >= 0.6 is 0 Å². The van der Waals surface area contributed by atoms with Gasteiger partial charge in [0.15, 0.2) is 0 Å². The highest BCUT2D eigenvalue weighted by Gasteiger charge is 2.51. The third kappa shape index (κ3) is 8.72. The summed E-state index contributed by atoms with van der Waals surface area (Å²) in [6.07, 6.45) is 16.8. The summed E-state index contributed by atoms with van der Waals surface area (Å²) in [4.78, 5) is 0. The minimum Gasteiger partial charge on any atom is -0.0683 e. The van der Waals surface area contributed by atoms with Crippen molar-refractivity contribution < 1.29 is 0 Å². The predicted octanol–water partition coefficient (Wildman–Crippen LogP) is 14.7. The molecule has 0 N–H and O–H groups in total. The standard InChI is InChI=1S/2C19H26.4C2H6/c1-13(2)17-3-5-18(6-4-17)19-10-14-7-15(11-19)9-16(8-14)12-19;1-12(2)15-3-5-16(6-4-15)19-17-8-13-7-14(10-17)11-18(19)9-13;4*1-2/h3-6,13-16H,7-12H2,1-2H3;3-6,12-14,17-19H,7-11H2,1-2H3;4*1-2H3. The molecule has 260 valence electrons. The Morgan fingerprint density at radius 3 is 1.11 bits per heavy atom. The lowest BCUT2D eigenvalue weighted by Crippen LogP contribution is -2.48. The van der Waals surface area contributed by atoms with Crippen LogP contribution in [0.5, 0.6) is 0 Å². The van der Waals surface area contributed by atoms with Crippen molar-refractivity contribution >= 4 is 0 Å². The van der Waals surface area contributed by atoms with Crippen molar-refractivity contribution in [2.75, 3.05) is 0 Å². The molecule has 0 amide bonds. The van der Waals surface area contributed by atoms with E-state index in [1.165, 1.54) is 56.1 Å². The lowest BCUT2D eigenvalue weighted by molar-refractivity contribution is -0.00519. The van der Waals surface area contributed by atoms with Crippen LogP contribution in [0.1, 0.15) is 194 Å². The highest BCUT2D eigenvalue weighted by molar-refractivity contribution is 5.33. The van der Waals surface area contributed by atoms with E-state index in [9.17, 15) is 0 Å². The first-order valence-corrected chi connectivity index (χ1v) is 20.6. The molecule has 0 saturated heterocycles. The van der Waals surface area contributed by atoms with Crippen LogP contribution in [-0.4, -0.2) is 0 Å². The SMILES string of the molecule is CC.CC.CC.CC.CC(C)c1ccc(C23CC4CC(CC(C4)C2)C3)cc1.CC(C)c1ccc(C2C3CC4CC(C3)CC2C4)cc1. The number of hydrogen-bond donors (Lipinski definition) is 0. The third-order valence-corrected chi connectivity index (χ3v) is 12.4. The molecule has 0 aliphatic heterocycles. The van der Waals surface area contributed by atoms with E-state index in [2.05, 4.69) is 76.2 Å². The zero-order chi connectivity index (χ0) is 34.0. The van der Waals surface area contributed by atoms with Gasteiger partial charge in [-0.05, 0) is 157 Å². The Hall–Kier alpha value is -1.56. The van der Waals surface area contributed by atoms with Crippen molar-refractivity contribution in [1.29, 1.82) is 0 Å². The van der Waals surface area contributed by atoms with Crippen LogP contribution in [-0.2, 0) is 5.41 Å². The summed E-state index contributed by atoms with van der Waals surface area (Å²) in [5.41, 5.74) is 6.87. The third-order valence-electron chi connectivity index (χ3n) is 12.4. The molecule has 0 radical (unpaired) electrons. The Labute approximate surface area is 288 Å². The van der Waals surface area contributed by atoms with Gasteiger partial charge < -0.3 is 0 Å². The predicted molar refractivity (Wildman–Crippen MR) is 206 cm³/mol. The largest absolute Gasteiger partial charge is 0.0683 e. The van der Waals surface area contributed by atoms with Crippen LogP contribution in [0, 0.1) is 41.4 Å². The molecule has 8 aliphatic carbocycles. The molecule has 8 bridgehead atoms. The molecule has 0 atom stereocenters. The van der Waals surface area contributed by atoms with Gasteiger partial charge in [0, 0.05) is 0 Å². The van der Waals surface area contributed by atoms with Crippen LogP contribution in [0.2, 0.25) is 0 Å². The Kier molecular flexibility index (Phi) is 15.4. The zero-order valence-electron chi connectivity index (χ0n) is 32.7. The van der Waals surface area contributed by atoms with E-state index >= 15 is 0 Å². The van der Waals surface area contributed by atoms with Crippen LogP contribution in [0.4, 0.5) is 0 Å². The average Bonchev–Trinajstić information content (AvgIpc) is 3.08. The Morgan fingerprint density at radius 1 is 0.435 bits per heavy atom. The summed E-state index contributed by atoms with van der Waals surface area (Å²) in [7, 11) is 0. The van der Waals surface area contributed by atoms with Crippen LogP contribution in [0.25, 0.3) is 0 Å². The van der Waals surface area contributed by atoms with Crippen molar-refractivity contribution in [2.24, 2.45) is 41.4 Å². The van der Waals surface area contributed by atoms with Gasteiger partial charge in [0.25, 0.3) is 0 Å². The number of benzene rings is 2. The zero-order valence-corrected chi connectivity index (χ0v) is 32.7. The van der Waals surface area contributed by atoms with Crippen LogP contribution in [0.15, 0.2) is 48.5 Å². The van der Waals surface area contributed by atoms with Gasteiger partial charge in [-0.2, -0.15) is 0 Å². The molecule has 8 aliphatic rings. The van der Waals surface area contributed by atoms with Crippen LogP contribution < -0.4 is 0 Å². The van der Waals surface area contributed by atoms with E-state index in [1.807, 2.05) is 55.4 Å². The molecule has 46 heavy (non-hydrogen) atoms. The smallest absolute Gasteiger partial charge is 0.00391 e. The summed E-state index contributed by atoms with van der Waals surface area (Å²) in [5, 5.41) is 0. The highest BCUT2D eigenvalue weighted by Crippen LogP contribution is 2.61. The summed E-state index contributed by atoms with van der Waals surface area (Å²) in [6, 6.07) is 19.3. The number of rotatable bonds is 4. The van der Waals surface area contributed by atoms with E-state index in [0.717, 1.165) is 47.3 Å². The second kappa shape index (κ2) is 18.3. The second-order valence-corrected chi connectivity index (χ2v) is 15.8. The molecule has 8 saturated carbocycles. The minimum atomic E-state index is 0.574. The van der Waals surface area contributed by atoms with Gasteiger partial charge in [-0.25, -0.2) is 0 Å². The molecule has 2 aromatic carbocycles. The van der Waals surface area contributed by atoms with E-state index in [1.54, 1.807) is 36.8 Å². The first kappa shape index (κ1) is 38.9. The molecular formula is C46H76. The molecule has 0 nitrogen and oxygen atoms in total. The van der Waals surface area contributed by atoms with Crippen molar-refractivity contribution in [3.05, 3.63) is 70.8 Å². The number of hydrogen-bond acceptors (Lipinski definition) is 0. The molecule has 2 aromatic rings. The first-order chi connectivity index (χ1) is 22.3. The Bertz CT molecular complexity index is 1040. The fourth-order valence-corrected chi connectivity index (χ4v) is 11.3. The first-order valence-electron chi connectivity index (χ1n) is 20.6. The molecule has 0 spiro atoms. The van der Waals surface area contributed by atoms with Crippen molar-refractivity contribution in [1.82, 2.24) is 0 Å². The fraction of sp³-hybridized carbons (Fsp3) is 0.739. The average molecular weight is 629 g/mol. The Morgan fingerprint density at radius 2 is 0.761 bits per heavy atom. The highest BCUT2D eigenvalue weighted by atomic mass is 14.6. The second-order valence-electron chi connectivity index (χ2n) is 15.8. The maximum absolute atomic E-state index is 2.46. The van der Waals surface area contributed by atoms with Gasteiger partial charge in [-0.1, -0.05) is 132 Å². The quantitative estimate of drug-likeness (QED) is 0.316. The summed E-state index contributed by atoms with van der Waals surface area (Å²) in [5.74, 6) is 9.58. The van der Waals surface area contributed by atoms with E-state index in [-0.39, 0.29) is 0 Å². The van der Waals surface area contributed by atoms with Gasteiger partial charge in [-0.3, -0.25) is 0 Å².